The molecule has 25 heavy (non-hydrogen) atoms. The highest BCUT2D eigenvalue weighted by Gasteiger charge is 2.38. The molecule has 1 aromatic rings. The summed E-state index contributed by atoms with van der Waals surface area (Å²) in [6.07, 6.45) is 0. The summed E-state index contributed by atoms with van der Waals surface area (Å²) < 4.78 is 0. The van der Waals surface area contributed by atoms with E-state index in [0.29, 0.717) is 11.4 Å². The van der Waals surface area contributed by atoms with Crippen molar-refractivity contribution in [3.8, 4) is 0 Å². The first kappa shape index (κ1) is 20.2. The molecule has 0 aromatic heterocycles. The molecule has 1 aliphatic heterocycles. The second-order valence-corrected chi connectivity index (χ2v) is 5.45. The highest BCUT2D eigenvalue weighted by molar-refractivity contribution is 5.98. The summed E-state index contributed by atoms with van der Waals surface area (Å²) in [4.78, 5) is 35.4. The summed E-state index contributed by atoms with van der Waals surface area (Å²) in [5, 5.41) is 30.2. The number of carboxylic acids is 2. The minimum absolute atomic E-state index is 0. The minimum Gasteiger partial charge on any atom is -0.478 e. The fourth-order valence-corrected chi connectivity index (χ4v) is 2.88. The number of hydrogen-bond donors (Lipinski definition) is 2. The Balaban J connectivity index is 0.00000312. The van der Waals surface area contributed by atoms with Gasteiger partial charge in [0, 0.05) is 30.6 Å². The topological polar surface area (TPSA) is 121 Å². The molecule has 9 heteroatoms. The maximum absolute atomic E-state index is 11.8. The summed E-state index contributed by atoms with van der Waals surface area (Å²) in [5.41, 5.74) is 0.590. The van der Waals surface area contributed by atoms with E-state index in [1.807, 2.05) is 0 Å². The van der Waals surface area contributed by atoms with E-state index in [0.717, 1.165) is 0 Å². The molecule has 0 saturated heterocycles. The number of halogens is 1. The van der Waals surface area contributed by atoms with Gasteiger partial charge < -0.3 is 15.1 Å². The van der Waals surface area contributed by atoms with E-state index in [1.165, 1.54) is 29.2 Å². The van der Waals surface area contributed by atoms with Crippen LogP contribution in [0.25, 0.3) is 0 Å². The molecule has 0 unspecified atom stereocenters. The Kier molecular flexibility index (Phi) is 5.93. The maximum atomic E-state index is 11.8. The van der Waals surface area contributed by atoms with Crippen molar-refractivity contribution in [2.24, 2.45) is 0 Å². The summed E-state index contributed by atoms with van der Waals surface area (Å²) in [5.74, 6) is -3.61. The SMILES string of the molecule is CC1=C(C(=O)O)C(c2cccc([N+](=O)[O-])c2)C(C(=O)O)=C(C)N1C.Cl. The molecule has 2 rings (SSSR count). The lowest BCUT2D eigenvalue weighted by Gasteiger charge is -2.34. The molecule has 8 nitrogen and oxygen atoms in total. The van der Waals surface area contributed by atoms with Crippen LogP contribution >= 0.6 is 12.4 Å². The zero-order valence-electron chi connectivity index (χ0n) is 13.7. The second kappa shape index (κ2) is 7.35. The molecular weight excluding hydrogens is 352 g/mol. The summed E-state index contributed by atoms with van der Waals surface area (Å²) in [6.45, 7) is 3.16. The van der Waals surface area contributed by atoms with Crippen molar-refractivity contribution >= 4 is 30.0 Å². The minimum atomic E-state index is -1.26. The Hall–Kier alpha value is -2.87. The van der Waals surface area contributed by atoms with Crippen LogP contribution in [0.4, 0.5) is 5.69 Å². The van der Waals surface area contributed by atoms with Gasteiger partial charge in [-0.25, -0.2) is 9.59 Å². The number of rotatable bonds is 4. The van der Waals surface area contributed by atoms with Gasteiger partial charge in [0.1, 0.15) is 0 Å². The van der Waals surface area contributed by atoms with Gasteiger partial charge in [-0.05, 0) is 19.4 Å². The van der Waals surface area contributed by atoms with Gasteiger partial charge in [-0.1, -0.05) is 12.1 Å². The van der Waals surface area contributed by atoms with Crippen molar-refractivity contribution in [1.29, 1.82) is 0 Å². The molecule has 0 spiro atoms. The first-order valence-corrected chi connectivity index (χ1v) is 7.03. The summed E-state index contributed by atoms with van der Waals surface area (Å²) in [7, 11) is 1.58. The van der Waals surface area contributed by atoms with E-state index in [9.17, 15) is 29.9 Å². The Morgan fingerprint density at radius 3 is 2.00 bits per heavy atom. The molecule has 0 saturated carbocycles. The molecule has 1 aromatic carbocycles. The zero-order chi connectivity index (χ0) is 18.2. The van der Waals surface area contributed by atoms with E-state index in [1.54, 1.807) is 20.9 Å². The Morgan fingerprint density at radius 2 is 1.60 bits per heavy atom. The van der Waals surface area contributed by atoms with Gasteiger partial charge in [0.2, 0.25) is 0 Å². The van der Waals surface area contributed by atoms with Crippen LogP contribution in [0.1, 0.15) is 25.3 Å². The largest absolute Gasteiger partial charge is 0.478 e. The van der Waals surface area contributed by atoms with E-state index in [4.69, 9.17) is 0 Å². The number of allylic oxidation sites excluding steroid dienone is 2. The lowest BCUT2D eigenvalue weighted by molar-refractivity contribution is -0.384. The summed E-state index contributed by atoms with van der Waals surface area (Å²) >= 11 is 0. The van der Waals surface area contributed by atoms with E-state index in [-0.39, 0.29) is 34.8 Å². The third kappa shape index (κ3) is 3.48. The van der Waals surface area contributed by atoms with Crippen LogP contribution in [0.15, 0.2) is 46.8 Å². The van der Waals surface area contributed by atoms with E-state index >= 15 is 0 Å². The third-order valence-electron chi connectivity index (χ3n) is 4.24. The number of hydrogen-bond acceptors (Lipinski definition) is 5. The van der Waals surface area contributed by atoms with E-state index in [2.05, 4.69) is 0 Å². The highest BCUT2D eigenvalue weighted by Crippen LogP contribution is 2.41. The molecule has 0 aliphatic carbocycles. The average molecular weight is 369 g/mol. The molecule has 0 amide bonds. The fraction of sp³-hybridized carbons (Fsp3) is 0.250. The van der Waals surface area contributed by atoms with Gasteiger partial charge in [0.15, 0.2) is 0 Å². The number of benzene rings is 1. The molecule has 134 valence electrons. The number of nitrogens with zero attached hydrogens (tertiary/aromatic N) is 2. The van der Waals surface area contributed by atoms with Crippen LogP contribution in [0, 0.1) is 10.1 Å². The van der Waals surface area contributed by atoms with Crippen molar-refractivity contribution < 1.29 is 24.7 Å². The van der Waals surface area contributed by atoms with Gasteiger partial charge in [-0.15, -0.1) is 12.4 Å². The number of nitro groups is 1. The molecule has 0 bridgehead atoms. The molecule has 2 N–H and O–H groups in total. The smallest absolute Gasteiger partial charge is 0.334 e. The second-order valence-electron chi connectivity index (χ2n) is 5.45. The average Bonchev–Trinajstić information content (AvgIpc) is 2.51. The number of aliphatic carboxylic acids is 2. The van der Waals surface area contributed by atoms with Gasteiger partial charge in [-0.3, -0.25) is 10.1 Å². The molecule has 1 aliphatic rings. The van der Waals surface area contributed by atoms with Crippen molar-refractivity contribution in [2.75, 3.05) is 7.05 Å². The lowest BCUT2D eigenvalue weighted by atomic mass is 9.80. The maximum Gasteiger partial charge on any atom is 0.334 e. The van der Waals surface area contributed by atoms with Crippen molar-refractivity contribution in [3.05, 3.63) is 62.5 Å². The predicted molar refractivity (Wildman–Crippen MR) is 91.5 cm³/mol. The Morgan fingerprint density at radius 1 is 1.12 bits per heavy atom. The van der Waals surface area contributed by atoms with Gasteiger partial charge in [-0.2, -0.15) is 0 Å². The Labute approximate surface area is 149 Å². The van der Waals surface area contributed by atoms with Crippen LogP contribution in [0.2, 0.25) is 0 Å². The monoisotopic (exact) mass is 368 g/mol. The normalized spacial score (nSPS) is 15.1. The van der Waals surface area contributed by atoms with Crippen LogP contribution in [0.3, 0.4) is 0 Å². The van der Waals surface area contributed by atoms with Crippen LogP contribution < -0.4 is 0 Å². The van der Waals surface area contributed by atoms with Crippen molar-refractivity contribution in [2.45, 2.75) is 19.8 Å². The first-order chi connectivity index (χ1) is 11.2. The van der Waals surface area contributed by atoms with Crippen molar-refractivity contribution in [3.63, 3.8) is 0 Å². The predicted octanol–water partition coefficient (Wildman–Crippen LogP) is 2.76. The molecular formula is C16H17ClN2O6. The van der Waals surface area contributed by atoms with Gasteiger partial charge >= 0.3 is 11.9 Å². The molecule has 0 fully saturated rings. The van der Waals surface area contributed by atoms with Crippen LogP contribution in [-0.4, -0.2) is 39.0 Å². The summed E-state index contributed by atoms with van der Waals surface area (Å²) in [6, 6.07) is 5.39. The number of carboxylic acid groups (broad SMARTS) is 2. The van der Waals surface area contributed by atoms with E-state index < -0.39 is 22.8 Å². The first-order valence-electron chi connectivity index (χ1n) is 7.03. The lowest BCUT2D eigenvalue weighted by Crippen LogP contribution is -2.32. The quantitative estimate of drug-likeness (QED) is 0.619. The number of non-ortho nitro benzene ring substituents is 1. The molecule has 1 heterocycles. The Bertz CT molecular complexity index is 777. The molecule has 0 radical (unpaired) electrons. The van der Waals surface area contributed by atoms with Gasteiger partial charge in [0.25, 0.3) is 5.69 Å². The number of nitro benzene ring substituents is 1. The zero-order valence-corrected chi connectivity index (χ0v) is 14.5. The highest BCUT2D eigenvalue weighted by atomic mass is 35.5. The standard InChI is InChI=1S/C16H16N2O6.ClH/c1-8-12(15(19)20)14(13(16(21)22)9(2)17(8)3)10-5-4-6-11(7-10)18(23)24;/h4-7,14H,1-3H3,(H,19,20)(H,21,22);1H. The fourth-order valence-electron chi connectivity index (χ4n) is 2.88. The van der Waals surface area contributed by atoms with Crippen molar-refractivity contribution in [1.82, 2.24) is 4.90 Å². The third-order valence-corrected chi connectivity index (χ3v) is 4.24. The van der Waals surface area contributed by atoms with Gasteiger partial charge in [0.05, 0.1) is 22.0 Å². The molecule has 0 atom stereocenters. The van der Waals surface area contributed by atoms with Crippen LogP contribution in [0.5, 0.6) is 0 Å². The van der Waals surface area contributed by atoms with Crippen LogP contribution in [-0.2, 0) is 9.59 Å². The number of carbonyl (C=O) groups is 2.